The van der Waals surface area contributed by atoms with Gasteiger partial charge in [-0.3, -0.25) is 10.1 Å². The Labute approximate surface area is 168 Å². The second kappa shape index (κ2) is 8.24. The molecule has 2 aromatic carbocycles. The zero-order valence-corrected chi connectivity index (χ0v) is 16.3. The Hall–Kier alpha value is -3.52. The van der Waals surface area contributed by atoms with Crippen LogP contribution < -0.4 is 5.32 Å². The van der Waals surface area contributed by atoms with E-state index in [2.05, 4.69) is 25.5 Å². The predicted octanol–water partition coefficient (Wildman–Crippen LogP) is 3.45. The second-order valence-electron chi connectivity index (χ2n) is 6.47. The van der Waals surface area contributed by atoms with Gasteiger partial charge < -0.3 is 5.32 Å². The van der Waals surface area contributed by atoms with Crippen molar-refractivity contribution < 1.29 is 8.42 Å². The number of hydrogen-bond donors (Lipinski definition) is 2. The third kappa shape index (κ3) is 4.67. The van der Waals surface area contributed by atoms with Gasteiger partial charge in [-0.05, 0) is 35.9 Å². The minimum absolute atomic E-state index is 0.0330. The molecule has 0 spiro atoms. The van der Waals surface area contributed by atoms with E-state index < -0.39 is 9.84 Å². The molecular weight excluding hydrogens is 386 g/mol. The van der Waals surface area contributed by atoms with Crippen LogP contribution in [0.3, 0.4) is 0 Å². The molecule has 0 aliphatic rings. The number of pyridine rings is 1. The van der Waals surface area contributed by atoms with Gasteiger partial charge in [-0.1, -0.05) is 36.4 Å². The number of aromatic amines is 1. The van der Waals surface area contributed by atoms with Crippen LogP contribution in [0.1, 0.15) is 11.4 Å². The number of sulfone groups is 1. The minimum atomic E-state index is -3.43. The number of anilines is 1. The van der Waals surface area contributed by atoms with Gasteiger partial charge in [0, 0.05) is 23.6 Å². The van der Waals surface area contributed by atoms with Crippen LogP contribution in [0.25, 0.3) is 11.4 Å². The average Bonchev–Trinajstić information content (AvgIpc) is 3.23. The summed E-state index contributed by atoms with van der Waals surface area (Å²) >= 11 is 0. The third-order valence-electron chi connectivity index (χ3n) is 4.32. The molecule has 29 heavy (non-hydrogen) atoms. The van der Waals surface area contributed by atoms with E-state index in [1.165, 1.54) is 0 Å². The Kier molecular flexibility index (Phi) is 5.35. The zero-order chi connectivity index (χ0) is 20.1. The second-order valence-corrected chi connectivity index (χ2v) is 8.46. The summed E-state index contributed by atoms with van der Waals surface area (Å²) in [6.07, 6.45) is 3.37. The molecule has 0 unspecified atom stereocenters. The number of rotatable bonds is 7. The number of H-pyrrole nitrogens is 1. The van der Waals surface area contributed by atoms with Gasteiger partial charge in [0.25, 0.3) is 0 Å². The Balaban J connectivity index is 1.45. The molecule has 2 heterocycles. The summed E-state index contributed by atoms with van der Waals surface area (Å²) in [6.45, 7) is 0.389. The molecule has 2 aromatic heterocycles. The molecule has 0 aliphatic carbocycles. The lowest BCUT2D eigenvalue weighted by Crippen LogP contribution is -2.06. The zero-order valence-electron chi connectivity index (χ0n) is 15.5. The molecule has 8 heteroatoms. The number of nitrogens with zero attached hydrogens (tertiary/aromatic N) is 3. The Bertz CT molecular complexity index is 1190. The first-order valence-corrected chi connectivity index (χ1v) is 10.7. The van der Waals surface area contributed by atoms with Crippen LogP contribution in [-0.4, -0.2) is 28.6 Å². The van der Waals surface area contributed by atoms with Gasteiger partial charge in [-0.2, -0.15) is 5.10 Å². The summed E-state index contributed by atoms with van der Waals surface area (Å²) in [5.41, 5.74) is 2.33. The highest BCUT2D eigenvalue weighted by molar-refractivity contribution is 7.90. The summed E-state index contributed by atoms with van der Waals surface area (Å²) in [4.78, 5) is 8.71. The van der Waals surface area contributed by atoms with Gasteiger partial charge in [-0.15, -0.1) is 0 Å². The molecule has 0 saturated carbocycles. The van der Waals surface area contributed by atoms with Crippen LogP contribution in [0, 0.1) is 0 Å². The van der Waals surface area contributed by atoms with Crippen LogP contribution in [-0.2, 0) is 22.1 Å². The first-order valence-electron chi connectivity index (χ1n) is 9.02. The van der Waals surface area contributed by atoms with Crippen molar-refractivity contribution in [1.29, 1.82) is 0 Å². The highest BCUT2D eigenvalue weighted by Gasteiger charge is 2.16. The van der Waals surface area contributed by atoms with Crippen molar-refractivity contribution in [2.45, 2.75) is 17.2 Å². The maximum atomic E-state index is 12.7. The molecule has 4 rings (SSSR count). The SMILES string of the molecule is O=S(=O)(Cc1ccccc1)c1cccc(NCc2nc(-c3ccncc3)n[nH]2)c1. The normalized spacial score (nSPS) is 11.3. The molecule has 0 atom stereocenters. The van der Waals surface area contributed by atoms with Crippen LogP contribution in [0.15, 0.2) is 84.0 Å². The van der Waals surface area contributed by atoms with Crippen LogP contribution >= 0.6 is 0 Å². The molecule has 2 N–H and O–H groups in total. The summed E-state index contributed by atoms with van der Waals surface area (Å²) in [5, 5.41) is 10.3. The maximum absolute atomic E-state index is 12.7. The first-order chi connectivity index (χ1) is 14.1. The number of benzene rings is 2. The van der Waals surface area contributed by atoms with Gasteiger partial charge in [0.1, 0.15) is 5.82 Å². The fraction of sp³-hybridized carbons (Fsp3) is 0.0952. The molecule has 0 aliphatic heterocycles. The average molecular weight is 405 g/mol. The summed E-state index contributed by atoms with van der Waals surface area (Å²) in [5.74, 6) is 1.20. The predicted molar refractivity (Wildman–Crippen MR) is 111 cm³/mol. The van der Waals surface area contributed by atoms with Gasteiger partial charge in [0.2, 0.25) is 0 Å². The van der Waals surface area contributed by atoms with Gasteiger partial charge in [0.05, 0.1) is 17.2 Å². The Morgan fingerprint density at radius 2 is 1.72 bits per heavy atom. The molecule has 0 saturated heterocycles. The summed E-state index contributed by atoms with van der Waals surface area (Å²) < 4.78 is 25.5. The molecule has 0 amide bonds. The fourth-order valence-corrected chi connectivity index (χ4v) is 4.26. The van der Waals surface area contributed by atoms with Crippen molar-refractivity contribution in [2.24, 2.45) is 0 Å². The van der Waals surface area contributed by atoms with E-state index in [0.29, 0.717) is 23.9 Å². The molecule has 0 radical (unpaired) electrons. The van der Waals surface area contributed by atoms with Crippen molar-refractivity contribution >= 4 is 15.5 Å². The van der Waals surface area contributed by atoms with Crippen molar-refractivity contribution in [3.8, 4) is 11.4 Å². The van der Waals surface area contributed by atoms with Crippen LogP contribution in [0.2, 0.25) is 0 Å². The molecule has 146 valence electrons. The van der Waals surface area contributed by atoms with E-state index in [4.69, 9.17) is 0 Å². The highest BCUT2D eigenvalue weighted by atomic mass is 32.2. The highest BCUT2D eigenvalue weighted by Crippen LogP contribution is 2.20. The van der Waals surface area contributed by atoms with Crippen molar-refractivity contribution in [2.75, 3.05) is 5.32 Å². The first kappa shape index (κ1) is 18.8. The number of nitrogens with one attached hydrogen (secondary N) is 2. The van der Waals surface area contributed by atoms with Crippen molar-refractivity contribution in [1.82, 2.24) is 20.2 Å². The van der Waals surface area contributed by atoms with Crippen molar-refractivity contribution in [3.63, 3.8) is 0 Å². The van der Waals surface area contributed by atoms with Crippen LogP contribution in [0.5, 0.6) is 0 Å². The lowest BCUT2D eigenvalue weighted by atomic mass is 10.2. The van der Waals surface area contributed by atoms with E-state index in [-0.39, 0.29) is 10.6 Å². The third-order valence-corrected chi connectivity index (χ3v) is 6.01. The summed E-state index contributed by atoms with van der Waals surface area (Å²) in [7, 11) is -3.43. The van der Waals surface area contributed by atoms with Crippen LogP contribution in [0.4, 0.5) is 5.69 Å². The largest absolute Gasteiger partial charge is 0.378 e. The Morgan fingerprint density at radius 3 is 2.52 bits per heavy atom. The molecular formula is C21H19N5O2S. The Morgan fingerprint density at radius 1 is 0.931 bits per heavy atom. The lowest BCUT2D eigenvalue weighted by molar-refractivity contribution is 0.595. The van der Waals surface area contributed by atoms with E-state index >= 15 is 0 Å². The maximum Gasteiger partial charge on any atom is 0.182 e. The minimum Gasteiger partial charge on any atom is -0.378 e. The molecule has 0 bridgehead atoms. The topological polar surface area (TPSA) is 101 Å². The molecule has 4 aromatic rings. The molecule has 0 fully saturated rings. The van der Waals surface area contributed by atoms with E-state index in [1.54, 1.807) is 30.6 Å². The molecule has 7 nitrogen and oxygen atoms in total. The van der Waals surface area contributed by atoms with Crippen molar-refractivity contribution in [3.05, 3.63) is 90.5 Å². The quantitative estimate of drug-likeness (QED) is 0.488. The number of hydrogen-bond acceptors (Lipinski definition) is 6. The summed E-state index contributed by atoms with van der Waals surface area (Å²) in [6, 6.07) is 19.6. The monoisotopic (exact) mass is 405 g/mol. The standard InChI is InChI=1S/C21H19N5O2S/c27-29(28,15-16-5-2-1-3-6-16)19-8-4-7-18(13-19)23-14-20-24-21(26-25-20)17-9-11-22-12-10-17/h1-13,23H,14-15H2,(H,24,25,26). The van der Waals surface area contributed by atoms with Gasteiger partial charge in [0.15, 0.2) is 15.7 Å². The van der Waals surface area contributed by atoms with Gasteiger partial charge >= 0.3 is 0 Å². The lowest BCUT2D eigenvalue weighted by Gasteiger charge is -2.08. The van der Waals surface area contributed by atoms with Gasteiger partial charge in [-0.25, -0.2) is 13.4 Å². The van der Waals surface area contributed by atoms with E-state index in [9.17, 15) is 8.42 Å². The fourth-order valence-electron chi connectivity index (χ4n) is 2.87. The number of aromatic nitrogens is 4. The van der Waals surface area contributed by atoms with E-state index in [0.717, 1.165) is 11.1 Å². The smallest absolute Gasteiger partial charge is 0.182 e. The van der Waals surface area contributed by atoms with E-state index in [1.807, 2.05) is 48.5 Å².